The van der Waals surface area contributed by atoms with Gasteiger partial charge in [-0.15, -0.1) is 0 Å². The number of fused-ring (bicyclic) bond motifs is 1. The number of phenolic OH excluding ortho intramolecular Hbond substituents is 1. The molecule has 1 fully saturated rings. The van der Waals surface area contributed by atoms with Gasteiger partial charge in [0.15, 0.2) is 0 Å². The average molecular weight is 490 g/mol. The van der Waals surface area contributed by atoms with Crippen LogP contribution in [-0.4, -0.2) is 35.7 Å². The van der Waals surface area contributed by atoms with Gasteiger partial charge in [0.1, 0.15) is 30.0 Å². The second-order valence-corrected chi connectivity index (χ2v) is 10.2. The van der Waals surface area contributed by atoms with Crippen molar-refractivity contribution < 1.29 is 14.6 Å². The molecule has 3 atom stereocenters. The number of hydrogen-bond donors (Lipinski definition) is 1. The highest BCUT2D eigenvalue weighted by Gasteiger charge is 2.30. The maximum atomic E-state index is 10.1. The van der Waals surface area contributed by atoms with Crippen molar-refractivity contribution in [2.75, 3.05) is 19.7 Å². The van der Waals surface area contributed by atoms with Gasteiger partial charge < -0.3 is 14.6 Å². The Kier molecular flexibility index (Phi) is 6.77. The van der Waals surface area contributed by atoms with E-state index in [0.717, 1.165) is 58.3 Å². The topological polar surface area (TPSA) is 41.9 Å². The molecule has 0 bridgehead atoms. The van der Waals surface area contributed by atoms with E-state index in [-0.39, 0.29) is 11.9 Å². The number of nitrogens with zero attached hydrogens (tertiary/aromatic N) is 1. The van der Waals surface area contributed by atoms with Crippen molar-refractivity contribution in [3.05, 3.63) is 88.4 Å². The molecule has 0 radical (unpaired) electrons. The van der Waals surface area contributed by atoms with E-state index in [1.807, 2.05) is 42.5 Å². The number of ether oxygens (including phenoxy) is 2. The molecular weight excluding hydrogens is 458 g/mol. The molecule has 35 heavy (non-hydrogen) atoms. The highest BCUT2D eigenvalue weighted by Crippen LogP contribution is 2.48. The lowest BCUT2D eigenvalue weighted by molar-refractivity contribution is 0.169. The van der Waals surface area contributed by atoms with Gasteiger partial charge in [-0.2, -0.15) is 0 Å². The first-order valence-electron chi connectivity index (χ1n) is 12.3. The van der Waals surface area contributed by atoms with Crippen molar-refractivity contribution in [3.8, 4) is 17.2 Å². The normalized spacial score (nSPS) is 20.9. The zero-order valence-corrected chi connectivity index (χ0v) is 21.3. The second kappa shape index (κ2) is 9.96. The van der Waals surface area contributed by atoms with Crippen molar-refractivity contribution in [2.24, 2.45) is 5.92 Å². The molecule has 3 aromatic carbocycles. The van der Waals surface area contributed by atoms with Crippen LogP contribution in [-0.2, 0) is 0 Å². The molecule has 1 saturated heterocycles. The largest absolute Gasteiger partial charge is 0.508 e. The summed E-state index contributed by atoms with van der Waals surface area (Å²) in [6.07, 6.45) is 0.940. The Balaban J connectivity index is 1.41. The molecule has 4 nitrogen and oxygen atoms in total. The molecule has 2 aliphatic rings. The van der Waals surface area contributed by atoms with Gasteiger partial charge in [0.2, 0.25) is 0 Å². The highest BCUT2D eigenvalue weighted by molar-refractivity contribution is 6.32. The van der Waals surface area contributed by atoms with Crippen LogP contribution in [0.5, 0.6) is 17.2 Å². The zero-order valence-electron chi connectivity index (χ0n) is 20.5. The lowest BCUT2D eigenvalue weighted by atomic mass is 9.86. The number of likely N-dealkylation sites (tertiary alicyclic amines) is 1. The van der Waals surface area contributed by atoms with E-state index in [9.17, 15) is 5.11 Å². The fraction of sp³-hybridized carbons (Fsp3) is 0.333. The fourth-order valence-electron chi connectivity index (χ4n) is 5.13. The van der Waals surface area contributed by atoms with E-state index >= 15 is 0 Å². The number of benzene rings is 3. The van der Waals surface area contributed by atoms with E-state index in [2.05, 4.69) is 37.8 Å². The Morgan fingerprint density at radius 1 is 1.09 bits per heavy atom. The van der Waals surface area contributed by atoms with Gasteiger partial charge in [-0.05, 0) is 80.3 Å². The Labute approximate surface area is 212 Å². The third-order valence-corrected chi connectivity index (χ3v) is 7.52. The number of phenols is 1. The smallest absolute Gasteiger partial charge is 0.150 e. The summed E-state index contributed by atoms with van der Waals surface area (Å²) in [4.78, 5) is 2.51. The minimum Gasteiger partial charge on any atom is -0.508 e. The third-order valence-electron chi connectivity index (χ3n) is 7.19. The molecule has 1 N–H and O–H groups in total. The summed E-state index contributed by atoms with van der Waals surface area (Å²) in [6.45, 7) is 9.59. The van der Waals surface area contributed by atoms with Gasteiger partial charge in [-0.1, -0.05) is 48.9 Å². The molecule has 2 heterocycles. The summed E-state index contributed by atoms with van der Waals surface area (Å²) < 4.78 is 12.6. The van der Waals surface area contributed by atoms with Crippen LogP contribution in [0.15, 0.2) is 66.7 Å². The lowest BCUT2D eigenvalue weighted by Gasteiger charge is -2.31. The van der Waals surface area contributed by atoms with Crippen molar-refractivity contribution in [1.29, 1.82) is 0 Å². The first-order chi connectivity index (χ1) is 16.9. The summed E-state index contributed by atoms with van der Waals surface area (Å²) in [5.74, 6) is 2.58. The molecular formula is C30H32ClNO3. The molecule has 5 heteroatoms. The van der Waals surface area contributed by atoms with Gasteiger partial charge in [-0.3, -0.25) is 4.90 Å². The van der Waals surface area contributed by atoms with Crippen molar-refractivity contribution in [2.45, 2.75) is 39.3 Å². The SMILES string of the molecule is CC1=C(c2ccccc2Cl)C(c2ccc(OC[C@H](C)N3CC[C@@H](C)C3)cc2)Oc2ccc(O)cc21. The summed E-state index contributed by atoms with van der Waals surface area (Å²) >= 11 is 6.63. The van der Waals surface area contributed by atoms with Crippen molar-refractivity contribution in [1.82, 2.24) is 4.90 Å². The number of allylic oxidation sites excluding steroid dienone is 1. The minimum absolute atomic E-state index is 0.211. The van der Waals surface area contributed by atoms with E-state index in [1.54, 1.807) is 12.1 Å². The van der Waals surface area contributed by atoms with E-state index in [1.165, 1.54) is 6.42 Å². The summed E-state index contributed by atoms with van der Waals surface area (Å²) in [5, 5.41) is 10.8. The molecule has 2 aliphatic heterocycles. The highest BCUT2D eigenvalue weighted by atomic mass is 35.5. The Morgan fingerprint density at radius 3 is 2.57 bits per heavy atom. The van der Waals surface area contributed by atoms with Crippen molar-refractivity contribution >= 4 is 22.7 Å². The molecule has 0 saturated carbocycles. The summed E-state index contributed by atoms with van der Waals surface area (Å²) in [5.41, 5.74) is 4.86. The maximum absolute atomic E-state index is 10.1. The standard InChI is InChI=1S/C30H32ClNO3/c1-19-14-15-32(17-19)20(2)18-34-24-11-8-22(9-12-24)30-29(25-6-4-5-7-27(25)31)21(3)26-16-23(33)10-13-28(26)35-30/h4-13,16,19-20,30,33H,14-15,17-18H2,1-3H3/t19-,20+,30?/m1/s1. The molecule has 3 aromatic rings. The van der Waals surface area contributed by atoms with Crippen LogP contribution in [0, 0.1) is 5.92 Å². The molecule has 0 aromatic heterocycles. The van der Waals surface area contributed by atoms with Gasteiger partial charge in [0, 0.05) is 34.3 Å². The first kappa shape index (κ1) is 23.8. The predicted molar refractivity (Wildman–Crippen MR) is 142 cm³/mol. The van der Waals surface area contributed by atoms with Gasteiger partial charge in [0.25, 0.3) is 0 Å². The molecule has 0 amide bonds. The predicted octanol–water partition coefficient (Wildman–Crippen LogP) is 7.22. The van der Waals surface area contributed by atoms with Gasteiger partial charge >= 0.3 is 0 Å². The van der Waals surface area contributed by atoms with Crippen molar-refractivity contribution in [3.63, 3.8) is 0 Å². The van der Waals surface area contributed by atoms with Crippen LogP contribution in [0.4, 0.5) is 0 Å². The molecule has 5 rings (SSSR count). The van der Waals surface area contributed by atoms with Crippen LogP contribution < -0.4 is 9.47 Å². The Bertz CT molecular complexity index is 1240. The Hall–Kier alpha value is -2.95. The van der Waals surface area contributed by atoms with E-state index in [4.69, 9.17) is 21.1 Å². The Morgan fingerprint density at radius 2 is 1.86 bits per heavy atom. The number of halogens is 1. The van der Waals surface area contributed by atoms with Crippen LogP contribution >= 0.6 is 11.6 Å². The van der Waals surface area contributed by atoms with Crippen LogP contribution in [0.25, 0.3) is 11.1 Å². The van der Waals surface area contributed by atoms with E-state index < -0.39 is 0 Å². The molecule has 1 unspecified atom stereocenters. The average Bonchev–Trinajstić information content (AvgIpc) is 3.30. The van der Waals surface area contributed by atoms with Gasteiger partial charge in [0.05, 0.1) is 0 Å². The number of aromatic hydroxyl groups is 1. The van der Waals surface area contributed by atoms with Crippen LogP contribution in [0.2, 0.25) is 5.02 Å². The maximum Gasteiger partial charge on any atom is 0.150 e. The second-order valence-electron chi connectivity index (χ2n) is 9.81. The minimum atomic E-state index is -0.328. The molecule has 0 aliphatic carbocycles. The van der Waals surface area contributed by atoms with E-state index in [0.29, 0.717) is 17.7 Å². The van der Waals surface area contributed by atoms with Crippen LogP contribution in [0.3, 0.4) is 0 Å². The summed E-state index contributed by atoms with van der Waals surface area (Å²) in [6, 6.07) is 21.6. The fourth-order valence-corrected chi connectivity index (χ4v) is 5.37. The molecule has 0 spiro atoms. The first-order valence-corrected chi connectivity index (χ1v) is 12.7. The lowest BCUT2D eigenvalue weighted by Crippen LogP contribution is -2.35. The third kappa shape index (κ3) is 4.91. The monoisotopic (exact) mass is 489 g/mol. The molecule has 182 valence electrons. The number of rotatable bonds is 6. The zero-order chi connectivity index (χ0) is 24.5. The quantitative estimate of drug-likeness (QED) is 0.397. The number of hydrogen-bond acceptors (Lipinski definition) is 4. The van der Waals surface area contributed by atoms with Gasteiger partial charge in [-0.25, -0.2) is 0 Å². The summed E-state index contributed by atoms with van der Waals surface area (Å²) in [7, 11) is 0. The van der Waals surface area contributed by atoms with Crippen LogP contribution in [0.1, 0.15) is 50.0 Å².